The average molecular weight is 323 g/mol. The van der Waals surface area contributed by atoms with Crippen LogP contribution in [0.25, 0.3) is 11.3 Å². The van der Waals surface area contributed by atoms with Crippen molar-refractivity contribution >= 4 is 0 Å². The molecular formula is C20H21NO3. The van der Waals surface area contributed by atoms with E-state index in [4.69, 9.17) is 14.2 Å². The van der Waals surface area contributed by atoms with Gasteiger partial charge in [0.25, 0.3) is 0 Å². The topological polar surface area (TPSA) is 32.6 Å². The van der Waals surface area contributed by atoms with Gasteiger partial charge in [0.2, 0.25) is 0 Å². The minimum atomic E-state index is 0.702. The molecule has 0 spiro atoms. The molecular weight excluding hydrogens is 302 g/mol. The molecule has 0 saturated heterocycles. The second-order valence-corrected chi connectivity index (χ2v) is 5.41. The summed E-state index contributed by atoms with van der Waals surface area (Å²) in [6, 6.07) is 18.2. The highest BCUT2D eigenvalue weighted by atomic mass is 16.5. The minimum absolute atomic E-state index is 0.702. The fraction of sp³-hybridized carbons (Fsp3) is 0.200. The van der Waals surface area contributed by atoms with Crippen molar-refractivity contribution in [3.8, 4) is 28.5 Å². The van der Waals surface area contributed by atoms with Gasteiger partial charge in [-0.1, -0.05) is 30.3 Å². The van der Waals surface area contributed by atoms with Crippen molar-refractivity contribution in [2.45, 2.75) is 6.54 Å². The van der Waals surface area contributed by atoms with Gasteiger partial charge in [0, 0.05) is 24.9 Å². The fourth-order valence-electron chi connectivity index (χ4n) is 2.82. The summed E-state index contributed by atoms with van der Waals surface area (Å²) >= 11 is 0. The molecule has 0 fully saturated rings. The van der Waals surface area contributed by atoms with E-state index in [1.165, 1.54) is 5.56 Å². The lowest BCUT2D eigenvalue weighted by atomic mass is 10.1. The van der Waals surface area contributed by atoms with Gasteiger partial charge in [-0.05, 0) is 17.7 Å². The molecule has 4 nitrogen and oxygen atoms in total. The predicted octanol–water partition coefficient (Wildman–Crippen LogP) is 4.23. The van der Waals surface area contributed by atoms with E-state index in [2.05, 4.69) is 29.0 Å². The molecule has 2 aromatic carbocycles. The maximum Gasteiger partial charge on any atom is 0.135 e. The van der Waals surface area contributed by atoms with Crippen LogP contribution in [0.4, 0.5) is 0 Å². The number of nitrogens with zero attached hydrogens (tertiary/aromatic N) is 1. The van der Waals surface area contributed by atoms with E-state index in [1.807, 2.05) is 36.4 Å². The van der Waals surface area contributed by atoms with Gasteiger partial charge in [0.1, 0.15) is 17.2 Å². The van der Waals surface area contributed by atoms with E-state index in [0.717, 1.165) is 29.3 Å². The van der Waals surface area contributed by atoms with Crippen LogP contribution in [0.2, 0.25) is 0 Å². The minimum Gasteiger partial charge on any atom is -0.496 e. The van der Waals surface area contributed by atoms with Crippen LogP contribution in [-0.2, 0) is 6.54 Å². The zero-order valence-corrected chi connectivity index (χ0v) is 14.2. The monoisotopic (exact) mass is 323 g/mol. The highest BCUT2D eigenvalue weighted by Gasteiger charge is 2.18. The number of rotatable bonds is 6. The van der Waals surface area contributed by atoms with Crippen molar-refractivity contribution < 1.29 is 14.2 Å². The zero-order chi connectivity index (χ0) is 16.9. The molecule has 0 N–H and O–H groups in total. The third-order valence-electron chi connectivity index (χ3n) is 4.00. The van der Waals surface area contributed by atoms with Gasteiger partial charge in [-0.2, -0.15) is 0 Å². The van der Waals surface area contributed by atoms with E-state index >= 15 is 0 Å². The molecule has 0 amide bonds. The fourth-order valence-corrected chi connectivity index (χ4v) is 2.82. The maximum absolute atomic E-state index is 5.59. The molecule has 0 atom stereocenters. The zero-order valence-electron chi connectivity index (χ0n) is 14.2. The largest absolute Gasteiger partial charge is 0.496 e. The van der Waals surface area contributed by atoms with E-state index < -0.39 is 0 Å². The Morgan fingerprint density at radius 3 is 2.04 bits per heavy atom. The molecule has 1 heterocycles. The third kappa shape index (κ3) is 3.08. The molecule has 0 unspecified atom stereocenters. The molecule has 0 aliphatic rings. The SMILES string of the molecule is COc1cc(OC)c(-c2cccn2Cc2ccccc2)c(OC)c1. The van der Waals surface area contributed by atoms with Crippen molar-refractivity contribution in [3.63, 3.8) is 0 Å². The Kier molecular flexibility index (Phi) is 4.75. The molecule has 0 aliphatic heterocycles. The van der Waals surface area contributed by atoms with E-state index in [-0.39, 0.29) is 0 Å². The van der Waals surface area contributed by atoms with Gasteiger partial charge < -0.3 is 18.8 Å². The molecule has 4 heteroatoms. The number of benzene rings is 2. The normalized spacial score (nSPS) is 10.5. The van der Waals surface area contributed by atoms with Gasteiger partial charge in [0.05, 0.1) is 32.6 Å². The van der Waals surface area contributed by atoms with Crippen molar-refractivity contribution in [2.24, 2.45) is 0 Å². The number of hydrogen-bond donors (Lipinski definition) is 0. The van der Waals surface area contributed by atoms with Gasteiger partial charge in [-0.3, -0.25) is 0 Å². The molecule has 1 aromatic heterocycles. The Morgan fingerprint density at radius 2 is 1.46 bits per heavy atom. The number of ether oxygens (including phenoxy) is 3. The maximum atomic E-state index is 5.59. The van der Waals surface area contributed by atoms with E-state index in [9.17, 15) is 0 Å². The predicted molar refractivity (Wildman–Crippen MR) is 95.1 cm³/mol. The number of methoxy groups -OCH3 is 3. The first kappa shape index (κ1) is 16.0. The third-order valence-corrected chi connectivity index (χ3v) is 4.00. The van der Waals surface area contributed by atoms with Gasteiger partial charge in [-0.25, -0.2) is 0 Å². The van der Waals surface area contributed by atoms with Crippen LogP contribution in [0, 0.1) is 0 Å². The summed E-state index contributed by atoms with van der Waals surface area (Å²) in [7, 11) is 4.94. The van der Waals surface area contributed by atoms with Crippen molar-refractivity contribution in [3.05, 3.63) is 66.4 Å². The van der Waals surface area contributed by atoms with E-state index in [1.54, 1.807) is 21.3 Å². The van der Waals surface area contributed by atoms with Gasteiger partial charge in [-0.15, -0.1) is 0 Å². The molecule has 0 aliphatic carbocycles. The van der Waals surface area contributed by atoms with Crippen LogP contribution in [0.5, 0.6) is 17.2 Å². The van der Waals surface area contributed by atoms with Gasteiger partial charge in [0.15, 0.2) is 0 Å². The Hall–Kier alpha value is -2.88. The molecule has 0 bridgehead atoms. The van der Waals surface area contributed by atoms with Crippen LogP contribution < -0.4 is 14.2 Å². The van der Waals surface area contributed by atoms with Crippen LogP contribution in [0.3, 0.4) is 0 Å². The molecule has 3 rings (SSSR count). The smallest absolute Gasteiger partial charge is 0.135 e. The Morgan fingerprint density at radius 1 is 0.792 bits per heavy atom. The molecule has 124 valence electrons. The van der Waals surface area contributed by atoms with E-state index in [0.29, 0.717) is 5.75 Å². The summed E-state index contributed by atoms with van der Waals surface area (Å²) in [6.45, 7) is 0.779. The summed E-state index contributed by atoms with van der Waals surface area (Å²) in [5, 5.41) is 0. The highest BCUT2D eigenvalue weighted by molar-refractivity contribution is 5.76. The first-order valence-electron chi connectivity index (χ1n) is 7.76. The molecule has 0 saturated carbocycles. The van der Waals surface area contributed by atoms with Crippen LogP contribution in [-0.4, -0.2) is 25.9 Å². The average Bonchev–Trinajstić information content (AvgIpc) is 3.08. The van der Waals surface area contributed by atoms with Crippen LogP contribution in [0.15, 0.2) is 60.8 Å². The Labute approximate surface area is 142 Å². The Bertz CT molecular complexity index is 784. The van der Waals surface area contributed by atoms with Crippen LogP contribution in [0.1, 0.15) is 5.56 Å². The second-order valence-electron chi connectivity index (χ2n) is 5.41. The Balaban J connectivity index is 2.08. The first-order valence-corrected chi connectivity index (χ1v) is 7.76. The first-order chi connectivity index (χ1) is 11.8. The summed E-state index contributed by atoms with van der Waals surface area (Å²) in [5.41, 5.74) is 3.19. The summed E-state index contributed by atoms with van der Waals surface area (Å²) < 4.78 is 18.7. The second kappa shape index (κ2) is 7.13. The number of aromatic nitrogens is 1. The summed E-state index contributed by atoms with van der Waals surface area (Å²) in [5.74, 6) is 2.15. The molecule has 24 heavy (non-hydrogen) atoms. The van der Waals surface area contributed by atoms with Gasteiger partial charge >= 0.3 is 0 Å². The molecule has 0 radical (unpaired) electrons. The van der Waals surface area contributed by atoms with Crippen molar-refractivity contribution in [1.82, 2.24) is 4.57 Å². The van der Waals surface area contributed by atoms with Crippen LogP contribution >= 0.6 is 0 Å². The lowest BCUT2D eigenvalue weighted by molar-refractivity contribution is 0.377. The molecule has 3 aromatic rings. The lowest BCUT2D eigenvalue weighted by Gasteiger charge is -2.17. The van der Waals surface area contributed by atoms with Crippen molar-refractivity contribution in [1.29, 1.82) is 0 Å². The summed E-state index contributed by atoms with van der Waals surface area (Å²) in [4.78, 5) is 0. The number of hydrogen-bond acceptors (Lipinski definition) is 3. The standard InChI is InChI=1S/C20H21NO3/c1-22-16-12-18(23-2)20(19(13-16)24-3)17-10-7-11-21(17)14-15-8-5-4-6-9-15/h4-13H,14H2,1-3H3. The lowest BCUT2D eigenvalue weighted by Crippen LogP contribution is -2.03. The summed E-state index contributed by atoms with van der Waals surface area (Å²) in [6.07, 6.45) is 2.06. The quantitative estimate of drug-likeness (QED) is 0.680. The van der Waals surface area contributed by atoms with Crippen molar-refractivity contribution in [2.75, 3.05) is 21.3 Å². The highest BCUT2D eigenvalue weighted by Crippen LogP contribution is 2.42.